The molecule has 2 amide bonds. The van der Waals surface area contributed by atoms with Gasteiger partial charge in [0.05, 0.1) is 12.5 Å². The van der Waals surface area contributed by atoms with Crippen molar-refractivity contribution in [3.8, 4) is 5.75 Å². The molecule has 3 rings (SSSR count). The zero-order valence-electron chi connectivity index (χ0n) is 14.3. The molecule has 1 heterocycles. The molecule has 1 saturated heterocycles. The van der Waals surface area contributed by atoms with E-state index in [1.54, 1.807) is 0 Å². The van der Waals surface area contributed by atoms with Crippen molar-refractivity contribution in [2.75, 3.05) is 18.5 Å². The van der Waals surface area contributed by atoms with Crippen molar-refractivity contribution in [3.63, 3.8) is 0 Å². The van der Waals surface area contributed by atoms with Gasteiger partial charge in [0.25, 0.3) is 0 Å². The van der Waals surface area contributed by atoms with Crippen LogP contribution in [0.25, 0.3) is 0 Å². The van der Waals surface area contributed by atoms with Crippen LogP contribution in [0, 0.1) is 5.92 Å². The van der Waals surface area contributed by atoms with Gasteiger partial charge in [0.2, 0.25) is 11.8 Å². The second-order valence-corrected chi connectivity index (χ2v) is 6.69. The number of nitrogens with one attached hydrogen (secondary N) is 1. The number of rotatable bonds is 5. The summed E-state index contributed by atoms with van der Waals surface area (Å²) in [5.74, 6) is 0.612. The average Bonchev–Trinajstić information content (AvgIpc) is 3.00. The van der Waals surface area contributed by atoms with Crippen LogP contribution in [-0.4, -0.2) is 35.9 Å². The molecule has 1 saturated carbocycles. The SMILES string of the molecule is CCOc1ccc(NC(=O)[C@@H]2CC(=O)N(C3CCCCC3)C2)cc1. The standard InChI is InChI=1S/C19H26N2O3/c1-2-24-17-10-8-15(9-11-17)20-19(23)14-12-18(22)21(13-14)16-6-4-3-5-7-16/h8-11,14,16H,2-7,12-13H2,1H3,(H,20,23)/t14-/m1/s1. The molecule has 2 fully saturated rings. The predicted octanol–water partition coefficient (Wildman–Crippen LogP) is 3.21. The fraction of sp³-hybridized carbons (Fsp3) is 0.579. The molecule has 5 nitrogen and oxygen atoms in total. The van der Waals surface area contributed by atoms with Crippen LogP contribution in [-0.2, 0) is 9.59 Å². The Bertz CT molecular complexity index is 579. The van der Waals surface area contributed by atoms with Crippen LogP contribution in [0.1, 0.15) is 45.4 Å². The summed E-state index contributed by atoms with van der Waals surface area (Å²) >= 11 is 0. The molecule has 1 aliphatic carbocycles. The summed E-state index contributed by atoms with van der Waals surface area (Å²) in [6, 6.07) is 7.69. The molecule has 130 valence electrons. The third-order valence-electron chi connectivity index (χ3n) is 4.98. The lowest BCUT2D eigenvalue weighted by Gasteiger charge is -2.31. The van der Waals surface area contributed by atoms with Crippen molar-refractivity contribution in [2.24, 2.45) is 5.92 Å². The molecular formula is C19H26N2O3. The lowest BCUT2D eigenvalue weighted by molar-refractivity contribution is -0.130. The van der Waals surface area contributed by atoms with Crippen LogP contribution in [0.2, 0.25) is 0 Å². The topological polar surface area (TPSA) is 58.6 Å². The fourth-order valence-corrected chi connectivity index (χ4v) is 3.70. The molecule has 1 aromatic rings. The van der Waals surface area contributed by atoms with E-state index in [0.717, 1.165) is 24.3 Å². The first-order chi connectivity index (χ1) is 11.7. The monoisotopic (exact) mass is 330 g/mol. The summed E-state index contributed by atoms with van der Waals surface area (Å²) in [5.41, 5.74) is 0.743. The smallest absolute Gasteiger partial charge is 0.229 e. The van der Waals surface area contributed by atoms with E-state index in [9.17, 15) is 9.59 Å². The number of carbonyl (C=O) groups excluding carboxylic acids is 2. The molecule has 0 bridgehead atoms. The van der Waals surface area contributed by atoms with Crippen LogP contribution in [0.4, 0.5) is 5.69 Å². The Morgan fingerprint density at radius 3 is 2.58 bits per heavy atom. The minimum atomic E-state index is -0.244. The van der Waals surface area contributed by atoms with Gasteiger partial charge in [-0.05, 0) is 44.0 Å². The van der Waals surface area contributed by atoms with E-state index in [2.05, 4.69) is 5.32 Å². The molecule has 1 aliphatic heterocycles. The van der Waals surface area contributed by atoms with Crippen LogP contribution in [0.3, 0.4) is 0 Å². The van der Waals surface area contributed by atoms with E-state index < -0.39 is 0 Å². The van der Waals surface area contributed by atoms with Crippen molar-refractivity contribution in [1.82, 2.24) is 4.90 Å². The Balaban J connectivity index is 1.56. The molecule has 0 spiro atoms. The number of carbonyl (C=O) groups is 2. The van der Waals surface area contributed by atoms with Crippen LogP contribution in [0.5, 0.6) is 5.75 Å². The largest absolute Gasteiger partial charge is 0.494 e. The lowest BCUT2D eigenvalue weighted by atomic mass is 9.94. The van der Waals surface area contributed by atoms with E-state index in [0.29, 0.717) is 25.6 Å². The van der Waals surface area contributed by atoms with Gasteiger partial charge in [-0.2, -0.15) is 0 Å². The molecular weight excluding hydrogens is 304 g/mol. The Morgan fingerprint density at radius 2 is 1.92 bits per heavy atom. The highest BCUT2D eigenvalue weighted by Gasteiger charge is 2.38. The lowest BCUT2D eigenvalue weighted by Crippen LogP contribution is -2.38. The number of hydrogen-bond donors (Lipinski definition) is 1. The van der Waals surface area contributed by atoms with Crippen LogP contribution in [0.15, 0.2) is 24.3 Å². The number of nitrogens with zero attached hydrogens (tertiary/aromatic N) is 1. The summed E-state index contributed by atoms with van der Waals surface area (Å²) in [6.07, 6.45) is 6.15. The minimum Gasteiger partial charge on any atom is -0.494 e. The minimum absolute atomic E-state index is 0.0641. The Kier molecular flexibility index (Phi) is 5.38. The van der Waals surface area contributed by atoms with E-state index >= 15 is 0 Å². The van der Waals surface area contributed by atoms with Crippen LogP contribution < -0.4 is 10.1 Å². The number of anilines is 1. The second kappa shape index (κ2) is 7.69. The first-order valence-electron chi connectivity index (χ1n) is 9.00. The second-order valence-electron chi connectivity index (χ2n) is 6.69. The van der Waals surface area contributed by atoms with Gasteiger partial charge < -0.3 is 15.0 Å². The molecule has 1 N–H and O–H groups in total. The maximum Gasteiger partial charge on any atom is 0.229 e. The quantitative estimate of drug-likeness (QED) is 0.902. The molecule has 2 aliphatic rings. The van der Waals surface area contributed by atoms with Crippen molar-refractivity contribution in [1.29, 1.82) is 0 Å². The van der Waals surface area contributed by atoms with Crippen molar-refractivity contribution >= 4 is 17.5 Å². The molecule has 1 atom stereocenters. The highest BCUT2D eigenvalue weighted by molar-refractivity contribution is 5.97. The highest BCUT2D eigenvalue weighted by Crippen LogP contribution is 2.29. The Hall–Kier alpha value is -2.04. The zero-order chi connectivity index (χ0) is 16.9. The van der Waals surface area contributed by atoms with Gasteiger partial charge in [-0.1, -0.05) is 19.3 Å². The predicted molar refractivity (Wildman–Crippen MR) is 92.9 cm³/mol. The Labute approximate surface area is 143 Å². The van der Waals surface area contributed by atoms with Gasteiger partial charge >= 0.3 is 0 Å². The third kappa shape index (κ3) is 3.89. The maximum atomic E-state index is 12.5. The third-order valence-corrected chi connectivity index (χ3v) is 4.98. The molecule has 0 unspecified atom stereocenters. The first-order valence-corrected chi connectivity index (χ1v) is 9.00. The van der Waals surface area contributed by atoms with Gasteiger partial charge in [0.1, 0.15) is 5.75 Å². The van der Waals surface area contributed by atoms with Gasteiger partial charge in [0, 0.05) is 24.7 Å². The number of likely N-dealkylation sites (tertiary alicyclic amines) is 1. The van der Waals surface area contributed by atoms with Gasteiger partial charge in [-0.3, -0.25) is 9.59 Å². The Morgan fingerprint density at radius 1 is 1.21 bits per heavy atom. The maximum absolute atomic E-state index is 12.5. The number of amides is 2. The number of hydrogen-bond acceptors (Lipinski definition) is 3. The normalized spacial score (nSPS) is 21.8. The summed E-state index contributed by atoms with van der Waals surface area (Å²) in [7, 11) is 0. The van der Waals surface area contributed by atoms with E-state index in [-0.39, 0.29) is 17.7 Å². The van der Waals surface area contributed by atoms with E-state index in [4.69, 9.17) is 4.74 Å². The van der Waals surface area contributed by atoms with Gasteiger partial charge in [-0.15, -0.1) is 0 Å². The first kappa shape index (κ1) is 16.8. The summed E-state index contributed by atoms with van der Waals surface area (Å²) in [4.78, 5) is 26.7. The fourth-order valence-electron chi connectivity index (χ4n) is 3.70. The van der Waals surface area contributed by atoms with Crippen molar-refractivity contribution in [2.45, 2.75) is 51.5 Å². The van der Waals surface area contributed by atoms with Gasteiger partial charge in [0.15, 0.2) is 0 Å². The average molecular weight is 330 g/mol. The molecule has 0 aromatic heterocycles. The summed E-state index contributed by atoms with van der Waals surface area (Å²) in [6.45, 7) is 3.12. The molecule has 0 radical (unpaired) electrons. The van der Waals surface area contributed by atoms with Crippen molar-refractivity contribution < 1.29 is 14.3 Å². The van der Waals surface area contributed by atoms with E-state index in [1.165, 1.54) is 19.3 Å². The highest BCUT2D eigenvalue weighted by atomic mass is 16.5. The number of benzene rings is 1. The van der Waals surface area contributed by atoms with Crippen molar-refractivity contribution in [3.05, 3.63) is 24.3 Å². The van der Waals surface area contributed by atoms with E-state index in [1.807, 2.05) is 36.1 Å². The summed E-state index contributed by atoms with van der Waals surface area (Å²) in [5, 5.41) is 2.92. The molecule has 5 heteroatoms. The van der Waals surface area contributed by atoms with Gasteiger partial charge in [-0.25, -0.2) is 0 Å². The van der Waals surface area contributed by atoms with Crippen LogP contribution >= 0.6 is 0 Å². The summed E-state index contributed by atoms with van der Waals surface area (Å²) < 4.78 is 5.40. The molecule has 24 heavy (non-hydrogen) atoms. The zero-order valence-corrected chi connectivity index (χ0v) is 14.3. The number of ether oxygens (including phenoxy) is 1. The molecule has 1 aromatic carbocycles.